The van der Waals surface area contributed by atoms with E-state index in [1.807, 2.05) is 6.92 Å². The van der Waals surface area contributed by atoms with Crippen LogP contribution in [0.5, 0.6) is 0 Å². The zero-order chi connectivity index (χ0) is 14.0. The van der Waals surface area contributed by atoms with Crippen LogP contribution in [0.3, 0.4) is 0 Å². The molecule has 4 nitrogen and oxygen atoms in total. The molecule has 0 radical (unpaired) electrons. The van der Waals surface area contributed by atoms with Crippen LogP contribution in [0.4, 0.5) is 21.7 Å². The van der Waals surface area contributed by atoms with Gasteiger partial charge < -0.3 is 11.1 Å². The number of hydrogen-bond donors (Lipinski definition) is 2. The summed E-state index contributed by atoms with van der Waals surface area (Å²) in [4.78, 5) is 8.45. The molecule has 1 heterocycles. The zero-order valence-electron chi connectivity index (χ0n) is 10.7. The Balaban J connectivity index is 2.40. The fourth-order valence-corrected chi connectivity index (χ4v) is 1.74. The first-order valence-electron chi connectivity index (χ1n) is 5.86. The first kappa shape index (κ1) is 13.5. The Bertz CT molecular complexity index is 616. The second kappa shape index (κ2) is 5.40. The Morgan fingerprint density at radius 3 is 2.74 bits per heavy atom. The molecule has 0 unspecified atom stereocenters. The van der Waals surface area contributed by atoms with Crippen molar-refractivity contribution in [3.8, 4) is 0 Å². The maximum Gasteiger partial charge on any atom is 0.148 e. The van der Waals surface area contributed by atoms with Gasteiger partial charge in [-0.25, -0.2) is 14.4 Å². The number of nitrogens with two attached hydrogens (primary N) is 1. The molecular weight excluding hydrogens is 267 g/mol. The molecule has 0 bridgehead atoms. The van der Waals surface area contributed by atoms with Crippen molar-refractivity contribution in [3.63, 3.8) is 0 Å². The third-order valence-electron chi connectivity index (χ3n) is 2.73. The van der Waals surface area contributed by atoms with E-state index in [1.165, 1.54) is 6.07 Å². The molecule has 100 valence electrons. The molecule has 2 aromatic rings. The average Bonchev–Trinajstić information content (AvgIpc) is 2.37. The molecule has 0 saturated carbocycles. The molecule has 1 aromatic heterocycles. The summed E-state index contributed by atoms with van der Waals surface area (Å²) in [6, 6.07) is 4.40. The van der Waals surface area contributed by atoms with Gasteiger partial charge in [0.25, 0.3) is 0 Å². The SMILES string of the molecule is CCc1nc(N)c(C)c(Nc2ccc(Cl)cc2F)n1. The minimum absolute atomic E-state index is 0.299. The molecule has 1 aromatic carbocycles. The third kappa shape index (κ3) is 2.93. The Kier molecular flexibility index (Phi) is 3.85. The van der Waals surface area contributed by atoms with Gasteiger partial charge in [-0.1, -0.05) is 18.5 Å². The van der Waals surface area contributed by atoms with Crippen molar-refractivity contribution in [3.05, 3.63) is 40.4 Å². The molecule has 0 aliphatic heterocycles. The van der Waals surface area contributed by atoms with Gasteiger partial charge in [-0.15, -0.1) is 0 Å². The van der Waals surface area contributed by atoms with Gasteiger partial charge in [-0.05, 0) is 25.1 Å². The van der Waals surface area contributed by atoms with Crippen molar-refractivity contribution in [2.75, 3.05) is 11.1 Å². The maximum atomic E-state index is 13.7. The molecule has 19 heavy (non-hydrogen) atoms. The lowest BCUT2D eigenvalue weighted by atomic mass is 10.2. The van der Waals surface area contributed by atoms with Crippen molar-refractivity contribution in [1.29, 1.82) is 0 Å². The molecule has 0 atom stereocenters. The number of hydrogen-bond acceptors (Lipinski definition) is 4. The van der Waals surface area contributed by atoms with Crippen LogP contribution in [-0.2, 0) is 6.42 Å². The van der Waals surface area contributed by atoms with Gasteiger partial charge in [-0.2, -0.15) is 0 Å². The molecule has 0 amide bonds. The predicted octanol–water partition coefficient (Wildman–Crippen LogP) is 3.47. The molecule has 2 rings (SSSR count). The van der Waals surface area contributed by atoms with Crippen LogP contribution in [0.2, 0.25) is 5.02 Å². The summed E-state index contributed by atoms with van der Waals surface area (Å²) in [5, 5.41) is 3.26. The Labute approximate surface area is 115 Å². The smallest absolute Gasteiger partial charge is 0.148 e. The predicted molar refractivity (Wildman–Crippen MR) is 75.3 cm³/mol. The third-order valence-corrected chi connectivity index (χ3v) is 2.97. The summed E-state index contributed by atoms with van der Waals surface area (Å²) in [7, 11) is 0. The Morgan fingerprint density at radius 2 is 2.11 bits per heavy atom. The highest BCUT2D eigenvalue weighted by atomic mass is 35.5. The Morgan fingerprint density at radius 1 is 1.37 bits per heavy atom. The quantitative estimate of drug-likeness (QED) is 0.904. The topological polar surface area (TPSA) is 63.8 Å². The standard InChI is InChI=1S/C13H14ClFN4/c1-3-11-18-12(16)7(2)13(19-11)17-10-5-4-8(14)6-9(10)15/h4-6H,3H2,1-2H3,(H3,16,17,18,19). The van der Waals surface area contributed by atoms with Crippen LogP contribution in [0.1, 0.15) is 18.3 Å². The molecule has 3 N–H and O–H groups in total. The van der Waals surface area contributed by atoms with Crippen molar-refractivity contribution in [1.82, 2.24) is 9.97 Å². The van der Waals surface area contributed by atoms with Crippen molar-refractivity contribution >= 4 is 28.9 Å². The highest BCUT2D eigenvalue weighted by Gasteiger charge is 2.10. The summed E-state index contributed by atoms with van der Waals surface area (Å²) >= 11 is 5.71. The fraction of sp³-hybridized carbons (Fsp3) is 0.231. The monoisotopic (exact) mass is 280 g/mol. The number of aromatic nitrogens is 2. The molecule has 0 saturated heterocycles. The lowest BCUT2D eigenvalue weighted by Crippen LogP contribution is -2.07. The molecule has 6 heteroatoms. The molecule has 0 aliphatic carbocycles. The Hall–Kier alpha value is -1.88. The minimum Gasteiger partial charge on any atom is -0.383 e. The van der Waals surface area contributed by atoms with E-state index < -0.39 is 5.82 Å². The maximum absolute atomic E-state index is 13.7. The van der Waals surface area contributed by atoms with E-state index in [0.29, 0.717) is 40.2 Å². The van der Waals surface area contributed by atoms with Gasteiger partial charge in [0.2, 0.25) is 0 Å². The van der Waals surface area contributed by atoms with E-state index in [9.17, 15) is 4.39 Å². The second-order valence-electron chi connectivity index (χ2n) is 4.10. The van der Waals surface area contributed by atoms with Crippen LogP contribution in [0.25, 0.3) is 0 Å². The number of rotatable bonds is 3. The van der Waals surface area contributed by atoms with Crippen LogP contribution in [0.15, 0.2) is 18.2 Å². The van der Waals surface area contributed by atoms with Gasteiger partial charge in [-0.3, -0.25) is 0 Å². The molecule has 0 aliphatic rings. The summed E-state index contributed by atoms with van der Waals surface area (Å²) < 4.78 is 13.7. The highest BCUT2D eigenvalue weighted by molar-refractivity contribution is 6.30. The number of nitrogens with zero attached hydrogens (tertiary/aromatic N) is 2. The van der Waals surface area contributed by atoms with E-state index in [2.05, 4.69) is 15.3 Å². The highest BCUT2D eigenvalue weighted by Crippen LogP contribution is 2.25. The summed E-state index contributed by atoms with van der Waals surface area (Å²) in [6.45, 7) is 3.71. The zero-order valence-corrected chi connectivity index (χ0v) is 11.4. The van der Waals surface area contributed by atoms with Crippen LogP contribution in [-0.4, -0.2) is 9.97 Å². The van der Waals surface area contributed by atoms with E-state index in [1.54, 1.807) is 19.1 Å². The van der Waals surface area contributed by atoms with Crippen LogP contribution >= 0.6 is 11.6 Å². The van der Waals surface area contributed by atoms with Crippen molar-refractivity contribution in [2.24, 2.45) is 0 Å². The number of halogens is 2. The number of nitrogen functional groups attached to an aromatic ring is 1. The van der Waals surface area contributed by atoms with E-state index in [4.69, 9.17) is 17.3 Å². The normalized spacial score (nSPS) is 10.5. The number of aryl methyl sites for hydroxylation is 1. The molecule has 0 spiro atoms. The molecule has 0 fully saturated rings. The van der Waals surface area contributed by atoms with E-state index in [0.717, 1.165) is 0 Å². The summed E-state index contributed by atoms with van der Waals surface area (Å²) in [5.41, 5.74) is 6.79. The summed E-state index contributed by atoms with van der Waals surface area (Å²) in [5.74, 6) is 1.07. The minimum atomic E-state index is -0.442. The first-order chi connectivity index (χ1) is 9.01. The fourth-order valence-electron chi connectivity index (χ4n) is 1.58. The van der Waals surface area contributed by atoms with E-state index in [-0.39, 0.29) is 0 Å². The second-order valence-corrected chi connectivity index (χ2v) is 4.54. The van der Waals surface area contributed by atoms with Crippen LogP contribution in [0, 0.1) is 12.7 Å². The van der Waals surface area contributed by atoms with E-state index >= 15 is 0 Å². The van der Waals surface area contributed by atoms with Gasteiger partial charge in [0.1, 0.15) is 23.3 Å². The lowest BCUT2D eigenvalue weighted by Gasteiger charge is -2.12. The number of anilines is 3. The number of nitrogens with one attached hydrogen (secondary N) is 1. The van der Waals surface area contributed by atoms with Crippen molar-refractivity contribution in [2.45, 2.75) is 20.3 Å². The number of benzene rings is 1. The van der Waals surface area contributed by atoms with Gasteiger partial charge in [0.05, 0.1) is 5.69 Å². The van der Waals surface area contributed by atoms with Crippen LogP contribution < -0.4 is 11.1 Å². The average molecular weight is 281 g/mol. The van der Waals surface area contributed by atoms with Gasteiger partial charge >= 0.3 is 0 Å². The summed E-state index contributed by atoms with van der Waals surface area (Å²) in [6.07, 6.45) is 0.655. The van der Waals surface area contributed by atoms with Gasteiger partial charge in [0.15, 0.2) is 0 Å². The largest absolute Gasteiger partial charge is 0.383 e. The first-order valence-corrected chi connectivity index (χ1v) is 6.24. The lowest BCUT2D eigenvalue weighted by molar-refractivity contribution is 0.632. The molecular formula is C13H14ClFN4. The van der Waals surface area contributed by atoms with Gasteiger partial charge in [0, 0.05) is 17.0 Å². The van der Waals surface area contributed by atoms with Crippen molar-refractivity contribution < 1.29 is 4.39 Å².